The Kier molecular flexibility index (Phi) is 5.83. The fourth-order valence-corrected chi connectivity index (χ4v) is 4.79. The van der Waals surface area contributed by atoms with E-state index in [1.54, 1.807) is 24.3 Å². The van der Waals surface area contributed by atoms with Gasteiger partial charge in [-0.1, -0.05) is 16.8 Å². The summed E-state index contributed by atoms with van der Waals surface area (Å²) in [5, 5.41) is 4.56. The van der Waals surface area contributed by atoms with Crippen LogP contribution >= 0.6 is 11.6 Å². The van der Waals surface area contributed by atoms with Gasteiger partial charge in [0.1, 0.15) is 16.5 Å². The fraction of sp³-hybridized carbons (Fsp3) is 0.263. The second kappa shape index (κ2) is 8.38. The molecule has 30 heavy (non-hydrogen) atoms. The fourth-order valence-electron chi connectivity index (χ4n) is 3.17. The highest BCUT2D eigenvalue weighted by atomic mass is 35.5. The molecule has 0 saturated carbocycles. The third-order valence-electron chi connectivity index (χ3n) is 4.77. The zero-order chi connectivity index (χ0) is 21.3. The molecule has 0 bridgehead atoms. The molecule has 1 saturated heterocycles. The van der Waals surface area contributed by atoms with Gasteiger partial charge in [0.2, 0.25) is 21.7 Å². The summed E-state index contributed by atoms with van der Waals surface area (Å²) in [5.41, 5.74) is 0.766. The van der Waals surface area contributed by atoms with Crippen molar-refractivity contribution in [1.82, 2.24) is 19.3 Å². The Morgan fingerprint density at radius 2 is 1.73 bits per heavy atom. The first-order valence-corrected chi connectivity index (χ1v) is 10.9. The summed E-state index contributed by atoms with van der Waals surface area (Å²) < 4.78 is 59.1. The van der Waals surface area contributed by atoms with Gasteiger partial charge in [-0.3, -0.25) is 4.90 Å². The van der Waals surface area contributed by atoms with Gasteiger partial charge in [-0.25, -0.2) is 17.2 Å². The monoisotopic (exact) mass is 454 g/mol. The molecule has 3 aromatic rings. The first-order valence-electron chi connectivity index (χ1n) is 9.09. The Labute approximate surface area is 176 Å². The molecule has 1 fully saturated rings. The summed E-state index contributed by atoms with van der Waals surface area (Å²) in [7, 11) is -4.12. The molecule has 158 valence electrons. The topological polar surface area (TPSA) is 79.5 Å². The van der Waals surface area contributed by atoms with Crippen LogP contribution in [0.4, 0.5) is 8.78 Å². The minimum atomic E-state index is -4.12. The van der Waals surface area contributed by atoms with Crippen molar-refractivity contribution in [3.8, 4) is 11.4 Å². The van der Waals surface area contributed by atoms with Crippen LogP contribution in [0.3, 0.4) is 0 Å². The van der Waals surface area contributed by atoms with Crippen LogP contribution in [0.25, 0.3) is 11.4 Å². The lowest BCUT2D eigenvalue weighted by molar-refractivity contribution is 0.163. The van der Waals surface area contributed by atoms with E-state index in [2.05, 4.69) is 10.1 Å². The Hall–Kier alpha value is -2.40. The van der Waals surface area contributed by atoms with E-state index >= 15 is 0 Å². The molecular weight excluding hydrogens is 438 g/mol. The Balaban J connectivity index is 1.39. The van der Waals surface area contributed by atoms with E-state index in [0.717, 1.165) is 22.0 Å². The smallest absolute Gasteiger partial charge is 0.246 e. The summed E-state index contributed by atoms with van der Waals surface area (Å²) in [6.07, 6.45) is 0. The quantitative estimate of drug-likeness (QED) is 0.589. The minimum Gasteiger partial charge on any atom is -0.338 e. The van der Waals surface area contributed by atoms with E-state index in [1.165, 1.54) is 0 Å². The average molecular weight is 455 g/mol. The lowest BCUT2D eigenvalue weighted by atomic mass is 10.2. The molecule has 0 spiro atoms. The van der Waals surface area contributed by atoms with Crippen molar-refractivity contribution in [2.75, 3.05) is 26.2 Å². The van der Waals surface area contributed by atoms with Crippen molar-refractivity contribution in [2.45, 2.75) is 11.4 Å². The van der Waals surface area contributed by atoms with Crippen molar-refractivity contribution >= 4 is 21.6 Å². The van der Waals surface area contributed by atoms with Crippen molar-refractivity contribution in [1.29, 1.82) is 0 Å². The molecule has 0 aliphatic carbocycles. The zero-order valence-electron chi connectivity index (χ0n) is 15.6. The number of sulfonamides is 1. The van der Waals surface area contributed by atoms with Crippen molar-refractivity contribution in [3.05, 3.63) is 65.0 Å². The number of hydrogen-bond acceptors (Lipinski definition) is 6. The third kappa shape index (κ3) is 4.36. The molecule has 11 heteroatoms. The summed E-state index contributed by atoms with van der Waals surface area (Å²) in [4.78, 5) is 5.65. The second-order valence-electron chi connectivity index (χ2n) is 6.77. The Bertz CT molecular complexity index is 1150. The second-order valence-corrected chi connectivity index (χ2v) is 9.12. The van der Waals surface area contributed by atoms with E-state index in [9.17, 15) is 17.2 Å². The summed E-state index contributed by atoms with van der Waals surface area (Å²) in [5.74, 6) is -0.946. The average Bonchev–Trinajstić information content (AvgIpc) is 3.19. The molecule has 1 aliphatic heterocycles. The van der Waals surface area contributed by atoms with Crippen LogP contribution in [-0.2, 0) is 16.6 Å². The largest absolute Gasteiger partial charge is 0.338 e. The van der Waals surface area contributed by atoms with Gasteiger partial charge < -0.3 is 4.52 Å². The van der Waals surface area contributed by atoms with E-state index in [4.69, 9.17) is 16.1 Å². The van der Waals surface area contributed by atoms with Gasteiger partial charge in [0, 0.05) is 36.8 Å². The van der Waals surface area contributed by atoms with E-state index in [0.29, 0.717) is 42.4 Å². The number of halogens is 3. The summed E-state index contributed by atoms with van der Waals surface area (Å²) in [6, 6.07) is 9.43. The van der Waals surface area contributed by atoms with Gasteiger partial charge in [-0.15, -0.1) is 0 Å². The van der Waals surface area contributed by atoms with Crippen LogP contribution in [0, 0.1) is 11.6 Å². The van der Waals surface area contributed by atoms with E-state index < -0.39 is 26.6 Å². The molecule has 7 nitrogen and oxygen atoms in total. The summed E-state index contributed by atoms with van der Waals surface area (Å²) >= 11 is 5.88. The molecule has 0 amide bonds. The highest BCUT2D eigenvalue weighted by Gasteiger charge is 2.31. The van der Waals surface area contributed by atoms with Crippen LogP contribution in [-0.4, -0.2) is 53.9 Å². The molecule has 2 aromatic carbocycles. The van der Waals surface area contributed by atoms with Crippen molar-refractivity contribution < 1.29 is 21.7 Å². The Morgan fingerprint density at radius 1 is 1.03 bits per heavy atom. The van der Waals surface area contributed by atoms with Gasteiger partial charge in [0.15, 0.2) is 0 Å². The van der Waals surface area contributed by atoms with Gasteiger partial charge in [-0.05, 0) is 42.5 Å². The summed E-state index contributed by atoms with van der Waals surface area (Å²) in [6.45, 7) is 1.39. The van der Waals surface area contributed by atoms with Crippen LogP contribution in [0.5, 0.6) is 0 Å². The number of rotatable bonds is 5. The molecule has 0 N–H and O–H groups in total. The molecule has 1 aromatic heterocycles. The predicted octanol–water partition coefficient (Wildman–Crippen LogP) is 3.17. The molecule has 0 radical (unpaired) electrons. The van der Waals surface area contributed by atoms with Crippen LogP contribution in [0.1, 0.15) is 5.89 Å². The molecule has 0 atom stereocenters. The van der Waals surface area contributed by atoms with E-state index in [1.807, 2.05) is 4.90 Å². The first-order chi connectivity index (χ1) is 14.3. The van der Waals surface area contributed by atoms with Crippen molar-refractivity contribution in [2.24, 2.45) is 0 Å². The SMILES string of the molecule is O=S(=O)(c1cc(F)ccc1F)N1CCN(Cc2nc(-c3ccc(Cl)cc3)no2)CC1. The first kappa shape index (κ1) is 20.9. The minimum absolute atomic E-state index is 0.135. The molecular formula is C19H17ClF2N4O3S. The van der Waals surface area contributed by atoms with Gasteiger partial charge in [0.25, 0.3) is 0 Å². The number of nitrogens with zero attached hydrogens (tertiary/aromatic N) is 4. The number of piperazine rings is 1. The van der Waals surface area contributed by atoms with Crippen LogP contribution in [0.15, 0.2) is 51.9 Å². The standard InChI is InChI=1S/C19H17ClF2N4O3S/c20-14-3-1-13(2-4-14)19-23-18(29-24-19)12-25-7-9-26(10-8-25)30(27,28)17-11-15(21)5-6-16(17)22/h1-6,11H,7-10,12H2. The zero-order valence-corrected chi connectivity index (χ0v) is 17.2. The maximum Gasteiger partial charge on any atom is 0.246 e. The van der Waals surface area contributed by atoms with Crippen LogP contribution in [0.2, 0.25) is 5.02 Å². The van der Waals surface area contributed by atoms with Crippen molar-refractivity contribution in [3.63, 3.8) is 0 Å². The maximum absolute atomic E-state index is 13.9. The van der Waals surface area contributed by atoms with Gasteiger partial charge in [-0.2, -0.15) is 9.29 Å². The number of hydrogen-bond donors (Lipinski definition) is 0. The van der Waals surface area contributed by atoms with Gasteiger partial charge >= 0.3 is 0 Å². The lowest BCUT2D eigenvalue weighted by Gasteiger charge is -2.33. The van der Waals surface area contributed by atoms with Gasteiger partial charge in [0.05, 0.1) is 6.54 Å². The number of aromatic nitrogens is 2. The Morgan fingerprint density at radius 3 is 2.43 bits per heavy atom. The maximum atomic E-state index is 13.9. The van der Waals surface area contributed by atoms with Crippen LogP contribution < -0.4 is 0 Å². The lowest BCUT2D eigenvalue weighted by Crippen LogP contribution is -2.48. The molecule has 4 rings (SSSR count). The van der Waals surface area contributed by atoms with E-state index in [-0.39, 0.29) is 13.1 Å². The highest BCUT2D eigenvalue weighted by Crippen LogP contribution is 2.23. The highest BCUT2D eigenvalue weighted by molar-refractivity contribution is 7.89. The number of benzene rings is 2. The molecule has 1 aliphatic rings. The predicted molar refractivity (Wildman–Crippen MR) is 105 cm³/mol. The third-order valence-corrected chi connectivity index (χ3v) is 6.94. The molecule has 0 unspecified atom stereocenters. The normalized spacial score (nSPS) is 16.1. The molecule has 2 heterocycles.